The highest BCUT2D eigenvalue weighted by Crippen LogP contribution is 2.41. The minimum Gasteiger partial charge on any atom is -0.493 e. The minimum absolute atomic E-state index is 0.273. The van der Waals surface area contributed by atoms with Crippen molar-refractivity contribution in [3.63, 3.8) is 0 Å². The summed E-state index contributed by atoms with van der Waals surface area (Å²) in [6, 6.07) is 14.8. The third-order valence-corrected chi connectivity index (χ3v) is 6.04. The first-order valence-corrected chi connectivity index (χ1v) is 11.2. The summed E-state index contributed by atoms with van der Waals surface area (Å²) in [5, 5.41) is 9.00. The maximum atomic E-state index is 13.5. The molecule has 0 fully saturated rings. The van der Waals surface area contributed by atoms with Crippen LogP contribution in [0.5, 0.6) is 17.2 Å². The SMILES string of the molecule is COc1cc(-c2cc(C(=O)Nc3cnc4c(c3)c(C)nn4C)c3ccccc3n2)cc(OC)c1OC. The molecule has 9 nitrogen and oxygen atoms in total. The molecule has 0 aliphatic heterocycles. The summed E-state index contributed by atoms with van der Waals surface area (Å²) in [5.74, 6) is 1.21. The lowest BCUT2D eigenvalue weighted by Gasteiger charge is -2.15. The Morgan fingerprint density at radius 2 is 1.67 bits per heavy atom. The van der Waals surface area contributed by atoms with E-state index < -0.39 is 0 Å². The molecule has 0 spiro atoms. The number of benzene rings is 2. The number of para-hydroxylation sites is 1. The normalized spacial score (nSPS) is 11.0. The van der Waals surface area contributed by atoms with Crippen molar-refractivity contribution < 1.29 is 19.0 Å². The molecule has 0 saturated heterocycles. The predicted molar refractivity (Wildman–Crippen MR) is 138 cm³/mol. The second kappa shape index (κ2) is 9.18. The van der Waals surface area contributed by atoms with Crippen molar-refractivity contribution in [2.45, 2.75) is 6.92 Å². The van der Waals surface area contributed by atoms with Crippen molar-refractivity contribution in [3.05, 3.63) is 66.0 Å². The molecular weight excluding hydrogens is 458 g/mol. The lowest BCUT2D eigenvalue weighted by molar-refractivity contribution is 0.102. The molecule has 1 N–H and O–H groups in total. The third kappa shape index (κ3) is 3.94. The van der Waals surface area contributed by atoms with E-state index in [2.05, 4.69) is 15.4 Å². The van der Waals surface area contributed by atoms with Crippen LogP contribution in [0.15, 0.2) is 54.7 Å². The number of pyridine rings is 2. The molecule has 0 bridgehead atoms. The van der Waals surface area contributed by atoms with Gasteiger partial charge in [0.1, 0.15) is 0 Å². The molecule has 0 aliphatic rings. The lowest BCUT2D eigenvalue weighted by Crippen LogP contribution is -2.13. The van der Waals surface area contributed by atoms with Crippen LogP contribution in [0.1, 0.15) is 16.1 Å². The standard InChI is InChI=1S/C27H25N5O4/c1-15-19-12-17(14-28-26(19)32(2)31-15)29-27(33)20-13-22(30-21-9-7-6-8-18(20)21)16-10-23(34-3)25(36-5)24(11-16)35-4/h6-14H,1-5H3,(H,29,33). The average molecular weight is 484 g/mol. The molecule has 0 atom stereocenters. The second-order valence-electron chi connectivity index (χ2n) is 8.24. The zero-order valence-corrected chi connectivity index (χ0v) is 20.6. The Hall–Kier alpha value is -4.66. The van der Waals surface area contributed by atoms with Gasteiger partial charge >= 0.3 is 0 Å². The Labute approximate surface area is 207 Å². The van der Waals surface area contributed by atoms with Crippen LogP contribution in [-0.4, -0.2) is 47.0 Å². The predicted octanol–water partition coefficient (Wildman–Crippen LogP) is 4.77. The van der Waals surface area contributed by atoms with Gasteiger partial charge in [0, 0.05) is 23.4 Å². The number of methoxy groups -OCH3 is 3. The zero-order valence-electron chi connectivity index (χ0n) is 20.6. The summed E-state index contributed by atoms with van der Waals surface area (Å²) in [6.45, 7) is 1.91. The number of aryl methyl sites for hydroxylation is 2. The number of nitrogens with one attached hydrogen (secondary N) is 1. The summed E-state index contributed by atoms with van der Waals surface area (Å²) in [5.41, 5.74) is 4.66. The number of carbonyl (C=O) groups is 1. The number of carbonyl (C=O) groups excluding carboxylic acids is 1. The monoisotopic (exact) mass is 483 g/mol. The summed E-state index contributed by atoms with van der Waals surface area (Å²) in [6.07, 6.45) is 1.63. The summed E-state index contributed by atoms with van der Waals surface area (Å²) in [7, 11) is 6.51. The van der Waals surface area contributed by atoms with Gasteiger partial charge in [-0.05, 0) is 37.3 Å². The molecule has 0 saturated carbocycles. The Morgan fingerprint density at radius 3 is 2.36 bits per heavy atom. The van der Waals surface area contributed by atoms with Crippen LogP contribution < -0.4 is 19.5 Å². The van der Waals surface area contributed by atoms with Gasteiger partial charge in [0.25, 0.3) is 5.91 Å². The molecule has 182 valence electrons. The van der Waals surface area contributed by atoms with E-state index in [1.807, 2.05) is 56.4 Å². The summed E-state index contributed by atoms with van der Waals surface area (Å²) >= 11 is 0. The van der Waals surface area contributed by atoms with E-state index in [9.17, 15) is 4.79 Å². The number of hydrogen-bond donors (Lipinski definition) is 1. The van der Waals surface area contributed by atoms with Gasteiger partial charge in [0.05, 0.1) is 55.7 Å². The van der Waals surface area contributed by atoms with Gasteiger partial charge in [-0.15, -0.1) is 0 Å². The van der Waals surface area contributed by atoms with Gasteiger partial charge in [-0.2, -0.15) is 5.10 Å². The molecule has 9 heteroatoms. The fourth-order valence-electron chi connectivity index (χ4n) is 4.31. The Kier molecular flexibility index (Phi) is 5.89. The molecule has 0 unspecified atom stereocenters. The van der Waals surface area contributed by atoms with Gasteiger partial charge in [-0.1, -0.05) is 18.2 Å². The Bertz CT molecular complexity index is 1600. The van der Waals surface area contributed by atoms with Crippen molar-refractivity contribution in [2.75, 3.05) is 26.6 Å². The van der Waals surface area contributed by atoms with Crippen LogP contribution in [0.4, 0.5) is 5.69 Å². The minimum atomic E-state index is -0.273. The number of amides is 1. The van der Waals surface area contributed by atoms with E-state index in [0.717, 1.165) is 27.7 Å². The van der Waals surface area contributed by atoms with Gasteiger partial charge < -0.3 is 19.5 Å². The number of aromatic nitrogens is 4. The highest BCUT2D eigenvalue weighted by molar-refractivity contribution is 6.13. The van der Waals surface area contributed by atoms with Crippen molar-refractivity contribution in [1.82, 2.24) is 19.7 Å². The number of hydrogen-bond acceptors (Lipinski definition) is 7. The summed E-state index contributed by atoms with van der Waals surface area (Å²) < 4.78 is 18.2. The van der Waals surface area contributed by atoms with E-state index in [4.69, 9.17) is 19.2 Å². The molecule has 3 aromatic heterocycles. The number of nitrogens with zero attached hydrogens (tertiary/aromatic N) is 4. The highest BCUT2D eigenvalue weighted by atomic mass is 16.5. The fraction of sp³-hybridized carbons (Fsp3) is 0.185. The van der Waals surface area contributed by atoms with Gasteiger partial charge in [0.15, 0.2) is 17.1 Å². The van der Waals surface area contributed by atoms with E-state index in [0.29, 0.717) is 39.7 Å². The van der Waals surface area contributed by atoms with E-state index in [1.54, 1.807) is 38.3 Å². The quantitative estimate of drug-likeness (QED) is 0.371. The van der Waals surface area contributed by atoms with Crippen molar-refractivity contribution in [3.8, 4) is 28.5 Å². The second-order valence-corrected chi connectivity index (χ2v) is 8.24. The van der Waals surface area contributed by atoms with Crippen LogP contribution in [0.25, 0.3) is 33.2 Å². The molecule has 2 aromatic carbocycles. The topological polar surface area (TPSA) is 100 Å². The van der Waals surface area contributed by atoms with Crippen LogP contribution in [0.3, 0.4) is 0 Å². The number of rotatable bonds is 6. The highest BCUT2D eigenvalue weighted by Gasteiger charge is 2.19. The first-order valence-electron chi connectivity index (χ1n) is 11.2. The Morgan fingerprint density at radius 1 is 0.944 bits per heavy atom. The maximum absolute atomic E-state index is 13.5. The third-order valence-electron chi connectivity index (χ3n) is 6.04. The summed E-state index contributed by atoms with van der Waals surface area (Å²) in [4.78, 5) is 22.8. The first kappa shape index (κ1) is 23.1. The first-order chi connectivity index (χ1) is 17.4. The van der Waals surface area contributed by atoms with Crippen LogP contribution >= 0.6 is 0 Å². The number of anilines is 1. The van der Waals surface area contributed by atoms with Gasteiger partial charge in [-0.25, -0.2) is 9.97 Å². The van der Waals surface area contributed by atoms with E-state index in [1.165, 1.54) is 0 Å². The molecule has 0 radical (unpaired) electrons. The molecule has 3 heterocycles. The molecule has 5 aromatic rings. The Balaban J connectivity index is 1.60. The smallest absolute Gasteiger partial charge is 0.256 e. The lowest BCUT2D eigenvalue weighted by atomic mass is 10.0. The van der Waals surface area contributed by atoms with E-state index in [-0.39, 0.29) is 5.91 Å². The number of fused-ring (bicyclic) bond motifs is 2. The van der Waals surface area contributed by atoms with E-state index >= 15 is 0 Å². The maximum Gasteiger partial charge on any atom is 0.256 e. The fourth-order valence-corrected chi connectivity index (χ4v) is 4.31. The zero-order chi connectivity index (χ0) is 25.4. The van der Waals surface area contributed by atoms with Crippen molar-refractivity contribution in [2.24, 2.45) is 7.05 Å². The van der Waals surface area contributed by atoms with Gasteiger partial charge in [0.2, 0.25) is 5.75 Å². The van der Waals surface area contributed by atoms with Crippen LogP contribution in [0, 0.1) is 6.92 Å². The average Bonchev–Trinajstić information content (AvgIpc) is 3.19. The van der Waals surface area contributed by atoms with Crippen LogP contribution in [-0.2, 0) is 7.05 Å². The number of ether oxygens (including phenoxy) is 3. The molecule has 1 amide bonds. The largest absolute Gasteiger partial charge is 0.493 e. The molecule has 5 rings (SSSR count). The van der Waals surface area contributed by atoms with Gasteiger partial charge in [-0.3, -0.25) is 9.48 Å². The van der Waals surface area contributed by atoms with Crippen molar-refractivity contribution >= 4 is 33.5 Å². The van der Waals surface area contributed by atoms with Crippen LogP contribution in [0.2, 0.25) is 0 Å². The molecular formula is C27H25N5O4. The molecule has 0 aliphatic carbocycles. The molecule has 36 heavy (non-hydrogen) atoms. The van der Waals surface area contributed by atoms with Crippen molar-refractivity contribution in [1.29, 1.82) is 0 Å².